The second-order valence-corrected chi connectivity index (χ2v) is 12.8. The van der Waals surface area contributed by atoms with E-state index in [1.54, 1.807) is 18.2 Å². The minimum atomic E-state index is -0.757. The summed E-state index contributed by atoms with van der Waals surface area (Å²) in [6, 6.07) is 10.5. The van der Waals surface area contributed by atoms with Crippen molar-refractivity contribution in [3.05, 3.63) is 70.2 Å². The Morgan fingerprint density at radius 3 is 2.40 bits per heavy atom. The Kier molecular flexibility index (Phi) is 10.2. The van der Waals surface area contributed by atoms with Gasteiger partial charge in [0.25, 0.3) is 0 Å². The second kappa shape index (κ2) is 13.8. The van der Waals surface area contributed by atoms with E-state index in [9.17, 15) is 23.5 Å². The second-order valence-electron chi connectivity index (χ2n) is 12.4. The van der Waals surface area contributed by atoms with Crippen molar-refractivity contribution in [2.24, 2.45) is 11.8 Å². The van der Waals surface area contributed by atoms with Crippen LogP contribution >= 0.6 is 11.6 Å². The van der Waals surface area contributed by atoms with Crippen molar-refractivity contribution >= 4 is 23.5 Å². The lowest BCUT2D eigenvalue weighted by atomic mass is 9.80. The Labute approximate surface area is 252 Å². The first-order chi connectivity index (χ1) is 20.2. The van der Waals surface area contributed by atoms with Crippen LogP contribution in [0.4, 0.5) is 8.78 Å². The number of rotatable bonds is 11. The average Bonchev–Trinajstić information content (AvgIpc) is 3.34. The van der Waals surface area contributed by atoms with Crippen LogP contribution in [0.5, 0.6) is 0 Å². The zero-order valence-electron chi connectivity index (χ0n) is 24.4. The molecule has 2 unspecified atom stereocenters. The molecule has 0 spiro atoms. The summed E-state index contributed by atoms with van der Waals surface area (Å²) < 4.78 is 27.7. The van der Waals surface area contributed by atoms with Crippen LogP contribution in [-0.2, 0) is 16.0 Å². The number of carboxylic acids is 1. The predicted octanol–water partition coefficient (Wildman–Crippen LogP) is 5.83. The number of aliphatic carboxylic acids is 1. The molecule has 3 atom stereocenters. The molecule has 6 nitrogen and oxygen atoms in total. The van der Waals surface area contributed by atoms with Crippen molar-refractivity contribution in [2.75, 3.05) is 39.3 Å². The fraction of sp³-hybridized carbons (Fsp3) is 0.576. The molecule has 228 valence electrons. The van der Waals surface area contributed by atoms with Gasteiger partial charge in [0.1, 0.15) is 17.7 Å². The van der Waals surface area contributed by atoms with E-state index in [1.807, 2.05) is 17.9 Å². The molecule has 2 heterocycles. The van der Waals surface area contributed by atoms with E-state index in [4.69, 9.17) is 11.6 Å². The van der Waals surface area contributed by atoms with Gasteiger partial charge in [-0.3, -0.25) is 14.5 Å². The third kappa shape index (κ3) is 7.32. The number of likely N-dealkylation sites (N-methyl/N-ethyl adjacent to an activating group) is 1. The van der Waals surface area contributed by atoms with Gasteiger partial charge in [-0.1, -0.05) is 49.1 Å². The zero-order chi connectivity index (χ0) is 29.8. The number of carboxylic acid groups (broad SMARTS) is 1. The maximum atomic E-state index is 14.2. The largest absolute Gasteiger partial charge is 0.480 e. The minimum Gasteiger partial charge on any atom is -0.480 e. The van der Waals surface area contributed by atoms with Gasteiger partial charge < -0.3 is 14.9 Å². The maximum absolute atomic E-state index is 14.2. The highest BCUT2D eigenvalue weighted by atomic mass is 35.5. The van der Waals surface area contributed by atoms with Gasteiger partial charge in [0, 0.05) is 56.3 Å². The standard InChI is InChI=1S/C33H42ClF2N3O3/c1-2-39(32(40)17-24-9-10-27(36)18-30(24)34)28-11-13-37(14-12-28)19-25-20-38(31(33(41)42)15-22-5-3-6-22)21-29(25)23-7-4-8-26(35)16-23/h4,7-10,16,18,22,25,28-29,31H,2-3,5-6,11-15,17,19-21H2,1H3,(H,41,42)/t25?,29?,31-/m1/s1. The quantitative estimate of drug-likeness (QED) is 0.351. The van der Waals surface area contributed by atoms with Crippen molar-refractivity contribution in [3.8, 4) is 0 Å². The van der Waals surface area contributed by atoms with Crippen LogP contribution < -0.4 is 0 Å². The van der Waals surface area contributed by atoms with Crippen LogP contribution in [0.15, 0.2) is 42.5 Å². The highest BCUT2D eigenvalue weighted by Crippen LogP contribution is 2.38. The third-order valence-corrected chi connectivity index (χ3v) is 10.1. The van der Waals surface area contributed by atoms with Gasteiger partial charge >= 0.3 is 5.97 Å². The molecule has 2 aromatic carbocycles. The SMILES string of the molecule is CCN(C(=O)Cc1ccc(F)cc1Cl)C1CCN(CC2CN([C@H](CC3CCC3)C(=O)O)CC2c2cccc(F)c2)CC1. The molecule has 1 N–H and O–H groups in total. The summed E-state index contributed by atoms with van der Waals surface area (Å²) in [5.74, 6) is -0.702. The Morgan fingerprint density at radius 2 is 1.79 bits per heavy atom. The first-order valence-electron chi connectivity index (χ1n) is 15.4. The van der Waals surface area contributed by atoms with Crippen molar-refractivity contribution in [3.63, 3.8) is 0 Å². The van der Waals surface area contributed by atoms with E-state index in [2.05, 4.69) is 9.80 Å². The summed E-state index contributed by atoms with van der Waals surface area (Å²) in [5.41, 5.74) is 1.57. The van der Waals surface area contributed by atoms with E-state index >= 15 is 0 Å². The van der Waals surface area contributed by atoms with E-state index in [1.165, 1.54) is 24.6 Å². The minimum absolute atomic E-state index is 0.00626. The highest BCUT2D eigenvalue weighted by molar-refractivity contribution is 6.31. The number of hydrogen-bond donors (Lipinski definition) is 1. The van der Waals surface area contributed by atoms with Gasteiger partial charge in [-0.15, -0.1) is 0 Å². The van der Waals surface area contributed by atoms with E-state index in [0.29, 0.717) is 37.5 Å². The van der Waals surface area contributed by atoms with Crippen molar-refractivity contribution in [1.82, 2.24) is 14.7 Å². The number of likely N-dealkylation sites (tertiary alicyclic amines) is 2. The Morgan fingerprint density at radius 1 is 1.05 bits per heavy atom. The Balaban J connectivity index is 1.22. The van der Waals surface area contributed by atoms with E-state index < -0.39 is 17.8 Å². The number of nitrogens with zero attached hydrogens (tertiary/aromatic N) is 3. The molecule has 0 aromatic heterocycles. The molecule has 2 saturated heterocycles. The molecule has 3 fully saturated rings. The summed E-state index contributed by atoms with van der Waals surface area (Å²) in [4.78, 5) is 32.0. The number of carbonyl (C=O) groups is 2. The first-order valence-corrected chi connectivity index (χ1v) is 15.8. The summed E-state index contributed by atoms with van der Waals surface area (Å²) in [6.07, 6.45) is 5.92. The van der Waals surface area contributed by atoms with Crippen molar-refractivity contribution in [1.29, 1.82) is 0 Å². The van der Waals surface area contributed by atoms with Crippen LogP contribution in [0.3, 0.4) is 0 Å². The number of amides is 1. The fourth-order valence-electron chi connectivity index (χ4n) is 7.22. The number of piperidine rings is 1. The number of halogens is 3. The molecule has 5 rings (SSSR count). The lowest BCUT2D eigenvalue weighted by Crippen LogP contribution is -2.49. The third-order valence-electron chi connectivity index (χ3n) is 9.76. The fourth-order valence-corrected chi connectivity index (χ4v) is 7.46. The highest BCUT2D eigenvalue weighted by Gasteiger charge is 2.42. The molecule has 9 heteroatoms. The molecule has 2 aromatic rings. The predicted molar refractivity (Wildman–Crippen MR) is 160 cm³/mol. The number of carbonyl (C=O) groups excluding carboxylic acids is 1. The Bertz CT molecular complexity index is 1250. The maximum Gasteiger partial charge on any atom is 0.320 e. The smallest absolute Gasteiger partial charge is 0.320 e. The molecule has 0 radical (unpaired) electrons. The van der Waals surface area contributed by atoms with Crippen LogP contribution in [0.2, 0.25) is 5.02 Å². The lowest BCUT2D eigenvalue weighted by Gasteiger charge is -2.39. The van der Waals surface area contributed by atoms with Gasteiger partial charge in [-0.2, -0.15) is 0 Å². The van der Waals surface area contributed by atoms with Gasteiger partial charge in [-0.25, -0.2) is 8.78 Å². The normalized spacial score (nSPS) is 23.0. The van der Waals surface area contributed by atoms with Crippen LogP contribution in [0.1, 0.15) is 62.5 Å². The average molecular weight is 602 g/mol. The molecule has 3 aliphatic rings. The first kappa shape index (κ1) is 30.9. The number of hydrogen-bond acceptors (Lipinski definition) is 4. The molecular weight excluding hydrogens is 560 g/mol. The van der Waals surface area contributed by atoms with Crippen molar-refractivity contribution < 1.29 is 23.5 Å². The van der Waals surface area contributed by atoms with E-state index in [-0.39, 0.29) is 41.0 Å². The molecule has 42 heavy (non-hydrogen) atoms. The van der Waals surface area contributed by atoms with E-state index in [0.717, 1.165) is 50.9 Å². The zero-order valence-corrected chi connectivity index (χ0v) is 25.1. The van der Waals surface area contributed by atoms with Gasteiger partial charge in [0.15, 0.2) is 0 Å². The number of benzene rings is 2. The molecular formula is C33H42ClF2N3O3. The summed E-state index contributed by atoms with van der Waals surface area (Å²) in [7, 11) is 0. The molecule has 1 amide bonds. The van der Waals surface area contributed by atoms with Crippen LogP contribution in [-0.4, -0.2) is 83.0 Å². The van der Waals surface area contributed by atoms with Crippen LogP contribution in [0.25, 0.3) is 0 Å². The van der Waals surface area contributed by atoms with Gasteiger partial charge in [0.2, 0.25) is 5.91 Å². The molecule has 2 aliphatic heterocycles. The summed E-state index contributed by atoms with van der Waals surface area (Å²) in [5, 5.41) is 10.4. The van der Waals surface area contributed by atoms with Crippen molar-refractivity contribution in [2.45, 2.75) is 69.9 Å². The lowest BCUT2D eigenvalue weighted by molar-refractivity contribution is -0.144. The topological polar surface area (TPSA) is 64.1 Å². The molecule has 1 saturated carbocycles. The van der Waals surface area contributed by atoms with Gasteiger partial charge in [-0.05, 0) is 73.4 Å². The van der Waals surface area contributed by atoms with Gasteiger partial charge in [0.05, 0.1) is 6.42 Å². The Hall–Kier alpha value is -2.55. The monoisotopic (exact) mass is 601 g/mol. The summed E-state index contributed by atoms with van der Waals surface area (Å²) >= 11 is 6.18. The summed E-state index contributed by atoms with van der Waals surface area (Å²) in [6.45, 7) is 6.37. The molecule has 1 aliphatic carbocycles. The van der Waals surface area contributed by atoms with Crippen LogP contribution in [0, 0.1) is 23.5 Å². The molecule has 0 bridgehead atoms.